The van der Waals surface area contributed by atoms with E-state index >= 15 is 0 Å². The lowest BCUT2D eigenvalue weighted by Crippen LogP contribution is -2.34. The molecule has 0 radical (unpaired) electrons. The van der Waals surface area contributed by atoms with Gasteiger partial charge in [-0.15, -0.1) is 0 Å². The van der Waals surface area contributed by atoms with Crippen molar-refractivity contribution in [3.63, 3.8) is 0 Å². The zero-order valence-electron chi connectivity index (χ0n) is 25.2. The first kappa shape index (κ1) is 29.7. The Morgan fingerprint density at radius 2 is 1.20 bits per heavy atom. The maximum Gasteiger partial charge on any atom is 0.250 e. The second kappa shape index (κ2) is 13.9. The van der Waals surface area contributed by atoms with Gasteiger partial charge < -0.3 is 20.0 Å². The molecular formula is C34H48N4O2. The highest BCUT2D eigenvalue weighted by molar-refractivity contribution is 6.15. The number of carbonyl (C=O) groups is 2. The van der Waals surface area contributed by atoms with E-state index in [1.54, 1.807) is 0 Å². The van der Waals surface area contributed by atoms with Crippen LogP contribution in [0.4, 0.5) is 11.4 Å². The molecule has 1 fully saturated rings. The number of fused-ring (bicyclic) bond motifs is 1. The summed E-state index contributed by atoms with van der Waals surface area (Å²) in [4.78, 5) is 33.5. The second-order valence-corrected chi connectivity index (χ2v) is 11.8. The summed E-state index contributed by atoms with van der Waals surface area (Å²) in [7, 11) is 8.04. The van der Waals surface area contributed by atoms with Crippen molar-refractivity contribution in [1.29, 1.82) is 0 Å². The number of anilines is 2. The minimum absolute atomic E-state index is 0.0395. The third-order valence-corrected chi connectivity index (χ3v) is 8.39. The fraction of sp³-hybridized carbons (Fsp3) is 0.529. The molecule has 1 N–H and O–H groups in total. The van der Waals surface area contributed by atoms with Crippen molar-refractivity contribution >= 4 is 28.9 Å². The van der Waals surface area contributed by atoms with Crippen LogP contribution in [-0.2, 0) is 9.59 Å². The summed E-state index contributed by atoms with van der Waals surface area (Å²) in [5, 5.41) is 3.14. The molecule has 2 aromatic carbocycles. The SMILES string of the molecule is CCCCCCCCCCCCN1C(=O)C2C(=C1c1ccc(N(C)C)cc1)C(=O)NC2c1ccc(N(C)C)cc1. The number of nitrogens with zero attached hydrogens (tertiary/aromatic N) is 3. The van der Waals surface area contributed by atoms with Crippen molar-refractivity contribution in [2.24, 2.45) is 5.92 Å². The number of unbranched alkanes of at least 4 members (excludes halogenated alkanes) is 9. The van der Waals surface area contributed by atoms with Gasteiger partial charge in [-0.25, -0.2) is 0 Å². The molecule has 2 heterocycles. The average Bonchev–Trinajstić information content (AvgIpc) is 3.44. The Labute approximate surface area is 241 Å². The van der Waals surface area contributed by atoms with Gasteiger partial charge in [0.05, 0.1) is 23.2 Å². The summed E-state index contributed by atoms with van der Waals surface area (Å²) in [5.41, 5.74) is 5.49. The van der Waals surface area contributed by atoms with Crippen LogP contribution in [0.15, 0.2) is 54.1 Å². The minimum atomic E-state index is -0.496. The largest absolute Gasteiger partial charge is 0.378 e. The van der Waals surface area contributed by atoms with Crippen molar-refractivity contribution in [3.05, 3.63) is 65.2 Å². The molecule has 6 nitrogen and oxygen atoms in total. The van der Waals surface area contributed by atoms with Crippen LogP contribution in [0.25, 0.3) is 5.70 Å². The van der Waals surface area contributed by atoms with Crippen LogP contribution in [0.1, 0.15) is 88.3 Å². The van der Waals surface area contributed by atoms with Gasteiger partial charge in [-0.1, -0.05) is 89.0 Å². The van der Waals surface area contributed by atoms with Crippen LogP contribution in [0.5, 0.6) is 0 Å². The standard InChI is InChI=1S/C34H48N4O2/c1-6-7-8-9-10-11-12-13-14-15-24-38-32(26-18-22-28(23-19-26)37(4)5)30-29(34(38)40)31(35-33(30)39)25-16-20-27(21-17-25)36(2)3/h16-23,29,31H,6-15,24H2,1-5H3,(H,35,39). The van der Waals surface area contributed by atoms with Crippen LogP contribution in [0.3, 0.4) is 0 Å². The van der Waals surface area contributed by atoms with Crippen molar-refractivity contribution in [2.45, 2.75) is 77.2 Å². The molecule has 0 saturated carbocycles. The lowest BCUT2D eigenvalue weighted by atomic mass is 9.91. The zero-order chi connectivity index (χ0) is 28.6. The number of hydrogen-bond acceptors (Lipinski definition) is 4. The summed E-state index contributed by atoms with van der Waals surface area (Å²) < 4.78 is 0. The lowest BCUT2D eigenvalue weighted by Gasteiger charge is -2.25. The van der Waals surface area contributed by atoms with Crippen molar-refractivity contribution in [2.75, 3.05) is 44.5 Å². The maximum atomic E-state index is 14.0. The molecule has 2 aliphatic heterocycles. The molecule has 216 valence electrons. The number of benzene rings is 2. The second-order valence-electron chi connectivity index (χ2n) is 11.8. The van der Waals surface area contributed by atoms with Gasteiger partial charge >= 0.3 is 0 Å². The normalized spacial score (nSPS) is 18.4. The van der Waals surface area contributed by atoms with E-state index in [0.29, 0.717) is 12.1 Å². The molecule has 1 saturated heterocycles. The summed E-state index contributed by atoms with van der Waals surface area (Å²) in [6.07, 6.45) is 12.5. The van der Waals surface area contributed by atoms with Crippen LogP contribution in [0, 0.1) is 5.92 Å². The zero-order valence-corrected chi connectivity index (χ0v) is 25.2. The van der Waals surface area contributed by atoms with Gasteiger partial charge in [-0.2, -0.15) is 0 Å². The first-order chi connectivity index (χ1) is 19.3. The summed E-state index contributed by atoms with van der Waals surface area (Å²) in [6.45, 7) is 2.91. The van der Waals surface area contributed by atoms with Gasteiger partial charge in [0.1, 0.15) is 0 Å². The molecule has 0 aliphatic carbocycles. The first-order valence-corrected chi connectivity index (χ1v) is 15.2. The third kappa shape index (κ3) is 6.71. The molecule has 2 atom stereocenters. The fourth-order valence-electron chi connectivity index (χ4n) is 6.02. The molecule has 0 bridgehead atoms. The highest BCUT2D eigenvalue weighted by Gasteiger charge is 2.52. The number of amides is 2. The topological polar surface area (TPSA) is 55.9 Å². The van der Waals surface area contributed by atoms with Crippen LogP contribution in [0.2, 0.25) is 0 Å². The lowest BCUT2D eigenvalue weighted by molar-refractivity contribution is -0.130. The Morgan fingerprint density at radius 1 is 0.700 bits per heavy atom. The Bertz CT molecular complexity index is 1170. The van der Waals surface area contributed by atoms with Gasteiger partial charge in [-0.3, -0.25) is 9.59 Å². The summed E-state index contributed by atoms with van der Waals surface area (Å²) in [6, 6.07) is 16.0. The van der Waals surface area contributed by atoms with E-state index in [2.05, 4.69) is 29.3 Å². The first-order valence-electron chi connectivity index (χ1n) is 15.2. The molecule has 0 spiro atoms. The van der Waals surface area contributed by atoms with E-state index in [1.165, 1.54) is 51.4 Å². The molecule has 0 aromatic heterocycles. The van der Waals surface area contributed by atoms with Crippen LogP contribution >= 0.6 is 0 Å². The number of hydrogen-bond donors (Lipinski definition) is 1. The maximum absolute atomic E-state index is 14.0. The van der Waals surface area contributed by atoms with Crippen molar-refractivity contribution < 1.29 is 9.59 Å². The van der Waals surface area contributed by atoms with E-state index in [0.717, 1.165) is 41.0 Å². The van der Waals surface area contributed by atoms with Crippen LogP contribution < -0.4 is 15.1 Å². The Kier molecular flexibility index (Phi) is 10.3. The third-order valence-electron chi connectivity index (χ3n) is 8.39. The van der Waals surface area contributed by atoms with Crippen molar-refractivity contribution in [3.8, 4) is 0 Å². The van der Waals surface area contributed by atoms with Gasteiger partial charge in [0, 0.05) is 46.1 Å². The number of carbonyl (C=O) groups excluding carboxylic acids is 2. The fourth-order valence-corrected chi connectivity index (χ4v) is 6.02. The molecule has 2 unspecified atom stereocenters. The molecule has 2 aliphatic rings. The van der Waals surface area contributed by atoms with Crippen molar-refractivity contribution in [1.82, 2.24) is 10.2 Å². The predicted octanol–water partition coefficient (Wildman–Crippen LogP) is 6.78. The molecular weight excluding hydrogens is 496 g/mol. The van der Waals surface area contributed by atoms with E-state index in [4.69, 9.17) is 0 Å². The smallest absolute Gasteiger partial charge is 0.250 e. The molecule has 4 rings (SSSR count). The molecule has 40 heavy (non-hydrogen) atoms. The van der Waals surface area contributed by atoms with Gasteiger partial charge in [0.2, 0.25) is 5.91 Å². The molecule has 6 heteroatoms. The van der Waals surface area contributed by atoms with Gasteiger partial charge in [0.25, 0.3) is 5.91 Å². The van der Waals surface area contributed by atoms with Gasteiger partial charge in [-0.05, 0) is 41.8 Å². The van der Waals surface area contributed by atoms with E-state index in [-0.39, 0.29) is 17.9 Å². The predicted molar refractivity (Wildman–Crippen MR) is 166 cm³/mol. The van der Waals surface area contributed by atoms with Crippen LogP contribution in [-0.4, -0.2) is 51.4 Å². The molecule has 2 aromatic rings. The average molecular weight is 545 g/mol. The number of rotatable bonds is 15. The minimum Gasteiger partial charge on any atom is -0.378 e. The molecule has 2 amide bonds. The van der Waals surface area contributed by atoms with Gasteiger partial charge in [0.15, 0.2) is 0 Å². The Hall–Kier alpha value is -3.28. The summed E-state index contributed by atoms with van der Waals surface area (Å²) in [5.74, 6) is -0.584. The highest BCUT2D eigenvalue weighted by Crippen LogP contribution is 2.46. The Balaban J connectivity index is 1.50. The van der Waals surface area contributed by atoms with E-state index in [1.807, 2.05) is 74.4 Å². The van der Waals surface area contributed by atoms with E-state index < -0.39 is 5.92 Å². The summed E-state index contributed by atoms with van der Waals surface area (Å²) >= 11 is 0. The Morgan fingerprint density at radius 3 is 1.73 bits per heavy atom. The number of nitrogens with one attached hydrogen (secondary N) is 1. The highest BCUT2D eigenvalue weighted by atomic mass is 16.2. The quantitative estimate of drug-likeness (QED) is 0.251. The van der Waals surface area contributed by atoms with E-state index in [9.17, 15) is 9.59 Å². The monoisotopic (exact) mass is 544 g/mol.